The molecule has 0 saturated heterocycles. The summed E-state index contributed by atoms with van der Waals surface area (Å²) in [6.07, 6.45) is 1.94. The molecule has 0 unspecified atom stereocenters. The zero-order chi connectivity index (χ0) is 16.1. The Balaban J connectivity index is 1.90. The number of fused-ring (bicyclic) bond motifs is 1. The van der Waals surface area contributed by atoms with Crippen LogP contribution in [0.25, 0.3) is 26.9 Å². The Morgan fingerprint density at radius 2 is 1.91 bits per heavy atom. The van der Waals surface area contributed by atoms with Crippen LogP contribution in [0.5, 0.6) is 0 Å². The quantitative estimate of drug-likeness (QED) is 0.541. The van der Waals surface area contributed by atoms with E-state index in [1.807, 2.05) is 32.3 Å². The molecule has 0 aliphatic rings. The van der Waals surface area contributed by atoms with Gasteiger partial charge in [-0.3, -0.25) is 4.68 Å². The van der Waals surface area contributed by atoms with Crippen LogP contribution in [0.15, 0.2) is 24.4 Å². The molecule has 4 rings (SSSR count). The highest BCUT2D eigenvalue weighted by atomic mass is 35.5. The first-order chi connectivity index (χ1) is 11.0. The summed E-state index contributed by atoms with van der Waals surface area (Å²) in [7, 11) is 1.88. The van der Waals surface area contributed by atoms with Gasteiger partial charge in [-0.25, -0.2) is 0 Å². The van der Waals surface area contributed by atoms with E-state index in [-0.39, 0.29) is 0 Å². The number of hydrogen-bond donors (Lipinski definition) is 0. The third-order valence-electron chi connectivity index (χ3n) is 3.43. The van der Waals surface area contributed by atoms with Gasteiger partial charge in [0.25, 0.3) is 0 Å². The van der Waals surface area contributed by atoms with Crippen LogP contribution in [0.3, 0.4) is 0 Å². The molecule has 23 heavy (non-hydrogen) atoms. The molecular formula is C14H10Cl2N6S. The summed E-state index contributed by atoms with van der Waals surface area (Å²) in [4.78, 5) is 0.689. The topological polar surface area (TPSA) is 60.9 Å². The molecule has 0 fully saturated rings. The highest BCUT2D eigenvalue weighted by Gasteiger charge is 2.19. The molecule has 0 aliphatic carbocycles. The third-order valence-corrected chi connectivity index (χ3v) is 5.18. The summed E-state index contributed by atoms with van der Waals surface area (Å²) in [5, 5.41) is 19.1. The summed E-state index contributed by atoms with van der Waals surface area (Å²) in [6.45, 7) is 1.95. The van der Waals surface area contributed by atoms with Crippen molar-refractivity contribution >= 4 is 39.5 Å². The van der Waals surface area contributed by atoms with Crippen LogP contribution < -0.4 is 0 Å². The van der Waals surface area contributed by atoms with Crippen molar-refractivity contribution in [3.63, 3.8) is 0 Å². The highest BCUT2D eigenvalue weighted by molar-refractivity contribution is 7.19. The van der Waals surface area contributed by atoms with Crippen LogP contribution in [0.2, 0.25) is 10.0 Å². The maximum Gasteiger partial charge on any atom is 0.235 e. The molecule has 4 aromatic rings. The second-order valence-corrected chi connectivity index (χ2v) is 6.77. The van der Waals surface area contributed by atoms with Gasteiger partial charge >= 0.3 is 0 Å². The second kappa shape index (κ2) is 5.30. The van der Waals surface area contributed by atoms with Gasteiger partial charge in [-0.1, -0.05) is 40.6 Å². The van der Waals surface area contributed by atoms with Gasteiger partial charge in [-0.05, 0) is 19.1 Å². The van der Waals surface area contributed by atoms with Crippen LogP contribution in [0.1, 0.15) is 5.69 Å². The minimum Gasteiger partial charge on any atom is -0.275 e. The molecular weight excluding hydrogens is 355 g/mol. The van der Waals surface area contributed by atoms with E-state index in [4.69, 9.17) is 23.2 Å². The van der Waals surface area contributed by atoms with Gasteiger partial charge in [0.2, 0.25) is 4.96 Å². The van der Waals surface area contributed by atoms with E-state index in [2.05, 4.69) is 20.4 Å². The Morgan fingerprint density at radius 3 is 2.65 bits per heavy atom. The Morgan fingerprint density at radius 1 is 1.09 bits per heavy atom. The average Bonchev–Trinajstić information content (AvgIpc) is 3.16. The standard InChI is InChI=1S/C14H10Cl2N6S/c1-7-9(6-21(2)19-7)13-20-22-12(17-18-14(22)23-13)8-4-3-5-10(15)11(8)16/h3-6H,1-2H3. The Hall–Kier alpha value is -1.96. The molecule has 6 nitrogen and oxygen atoms in total. The van der Waals surface area contributed by atoms with Gasteiger partial charge in [0.1, 0.15) is 0 Å². The fourth-order valence-electron chi connectivity index (χ4n) is 2.38. The highest BCUT2D eigenvalue weighted by Crippen LogP contribution is 2.34. The lowest BCUT2D eigenvalue weighted by Gasteiger charge is -2.02. The fraction of sp³-hybridized carbons (Fsp3) is 0.143. The predicted octanol–water partition coefficient (Wildman–Crippen LogP) is 3.87. The molecule has 9 heteroatoms. The minimum atomic E-state index is 0.440. The number of rotatable bonds is 2. The van der Waals surface area contributed by atoms with E-state index in [0.717, 1.165) is 16.3 Å². The molecule has 0 aliphatic heterocycles. The lowest BCUT2D eigenvalue weighted by Crippen LogP contribution is -1.92. The smallest absolute Gasteiger partial charge is 0.235 e. The van der Waals surface area contributed by atoms with Crippen LogP contribution in [-0.4, -0.2) is 29.6 Å². The van der Waals surface area contributed by atoms with E-state index in [0.29, 0.717) is 26.4 Å². The average molecular weight is 365 g/mol. The molecule has 0 saturated carbocycles. The summed E-state index contributed by atoms with van der Waals surface area (Å²) < 4.78 is 3.45. The zero-order valence-corrected chi connectivity index (χ0v) is 14.5. The first kappa shape index (κ1) is 14.6. The molecule has 116 valence electrons. The predicted molar refractivity (Wildman–Crippen MR) is 91.1 cm³/mol. The van der Waals surface area contributed by atoms with Crippen molar-refractivity contribution in [2.45, 2.75) is 6.92 Å². The molecule has 3 aromatic heterocycles. The van der Waals surface area contributed by atoms with Crippen molar-refractivity contribution < 1.29 is 0 Å². The van der Waals surface area contributed by atoms with Crippen LogP contribution in [0, 0.1) is 6.92 Å². The van der Waals surface area contributed by atoms with Crippen molar-refractivity contribution in [2.24, 2.45) is 7.05 Å². The number of halogens is 2. The van der Waals surface area contributed by atoms with Gasteiger partial charge in [-0.15, -0.1) is 10.2 Å². The first-order valence-electron chi connectivity index (χ1n) is 6.72. The largest absolute Gasteiger partial charge is 0.275 e. The van der Waals surface area contributed by atoms with E-state index in [9.17, 15) is 0 Å². The maximum atomic E-state index is 6.29. The SMILES string of the molecule is Cc1nn(C)cc1-c1nn2c(-c3cccc(Cl)c3Cl)nnc2s1. The van der Waals surface area contributed by atoms with Gasteiger partial charge in [-0.2, -0.15) is 14.7 Å². The number of nitrogens with zero attached hydrogens (tertiary/aromatic N) is 6. The minimum absolute atomic E-state index is 0.440. The van der Waals surface area contributed by atoms with Crippen molar-refractivity contribution in [2.75, 3.05) is 0 Å². The lowest BCUT2D eigenvalue weighted by atomic mass is 10.2. The van der Waals surface area contributed by atoms with Crippen molar-refractivity contribution in [1.29, 1.82) is 0 Å². The molecule has 0 spiro atoms. The lowest BCUT2D eigenvalue weighted by molar-refractivity contribution is 0.756. The molecule has 0 amide bonds. The monoisotopic (exact) mass is 364 g/mol. The van der Waals surface area contributed by atoms with E-state index < -0.39 is 0 Å². The number of benzene rings is 1. The molecule has 1 aromatic carbocycles. The molecule has 0 atom stereocenters. The Kier molecular flexibility index (Phi) is 3.37. The van der Waals surface area contributed by atoms with E-state index >= 15 is 0 Å². The van der Waals surface area contributed by atoms with Crippen LogP contribution in [0.4, 0.5) is 0 Å². The van der Waals surface area contributed by atoms with E-state index in [1.54, 1.807) is 15.3 Å². The second-order valence-electron chi connectivity index (χ2n) is 5.03. The molecule has 0 radical (unpaired) electrons. The van der Waals surface area contributed by atoms with Gasteiger partial charge in [0.15, 0.2) is 10.8 Å². The van der Waals surface area contributed by atoms with Gasteiger partial charge < -0.3 is 0 Å². The number of hydrogen-bond acceptors (Lipinski definition) is 5. The maximum absolute atomic E-state index is 6.29. The zero-order valence-electron chi connectivity index (χ0n) is 12.2. The number of aromatic nitrogens is 6. The molecule has 0 N–H and O–H groups in total. The normalized spacial score (nSPS) is 11.5. The first-order valence-corrected chi connectivity index (χ1v) is 8.29. The Bertz CT molecular complexity index is 1030. The summed E-state index contributed by atoms with van der Waals surface area (Å²) in [6, 6.07) is 5.40. The summed E-state index contributed by atoms with van der Waals surface area (Å²) in [5.41, 5.74) is 2.59. The van der Waals surface area contributed by atoms with Crippen LogP contribution in [-0.2, 0) is 7.05 Å². The summed E-state index contributed by atoms with van der Waals surface area (Å²) >= 11 is 13.8. The third kappa shape index (κ3) is 2.32. The van der Waals surface area contributed by atoms with Gasteiger partial charge in [0, 0.05) is 18.8 Å². The van der Waals surface area contributed by atoms with Gasteiger partial charge in [0.05, 0.1) is 21.3 Å². The fourth-order valence-corrected chi connectivity index (χ4v) is 3.67. The molecule has 3 heterocycles. The van der Waals surface area contributed by atoms with Crippen molar-refractivity contribution in [3.05, 3.63) is 40.1 Å². The van der Waals surface area contributed by atoms with Crippen molar-refractivity contribution in [3.8, 4) is 22.0 Å². The van der Waals surface area contributed by atoms with Crippen molar-refractivity contribution in [1.82, 2.24) is 29.6 Å². The Labute approximate surface area is 145 Å². The molecule has 0 bridgehead atoms. The number of aryl methyl sites for hydroxylation is 2. The van der Waals surface area contributed by atoms with Crippen LogP contribution >= 0.6 is 34.5 Å². The summed E-state index contributed by atoms with van der Waals surface area (Å²) in [5.74, 6) is 0.566. The van der Waals surface area contributed by atoms with E-state index in [1.165, 1.54) is 11.3 Å².